The van der Waals surface area contributed by atoms with Gasteiger partial charge < -0.3 is 20.2 Å². The van der Waals surface area contributed by atoms with Crippen LogP contribution in [0.5, 0.6) is 0 Å². The maximum Gasteiger partial charge on any atom is 0.255 e. The van der Waals surface area contributed by atoms with Crippen LogP contribution < -0.4 is 10.6 Å². The third kappa shape index (κ3) is 4.32. The monoisotopic (exact) mass is 294 g/mol. The molecule has 6 heteroatoms. The molecule has 2 unspecified atom stereocenters. The van der Waals surface area contributed by atoms with Crippen LogP contribution in [-0.4, -0.2) is 35.6 Å². The second-order valence-corrected chi connectivity index (χ2v) is 5.56. The van der Waals surface area contributed by atoms with E-state index in [-0.39, 0.29) is 24.3 Å². The van der Waals surface area contributed by atoms with Crippen LogP contribution in [0.25, 0.3) is 0 Å². The van der Waals surface area contributed by atoms with Gasteiger partial charge in [0.25, 0.3) is 5.91 Å². The predicted molar refractivity (Wildman–Crippen MR) is 76.6 cm³/mol. The van der Waals surface area contributed by atoms with E-state index in [1.54, 1.807) is 6.92 Å². The Morgan fingerprint density at radius 1 is 1.43 bits per heavy atom. The SMILES string of the molecule is CC(NC(=O)c1ccoc1)C(=O)NCC(O)C1CCCC1. The van der Waals surface area contributed by atoms with Crippen LogP contribution in [0.4, 0.5) is 0 Å². The third-order valence-electron chi connectivity index (χ3n) is 3.95. The van der Waals surface area contributed by atoms with E-state index >= 15 is 0 Å². The summed E-state index contributed by atoms with van der Waals surface area (Å²) in [5.74, 6) is -0.382. The molecule has 2 atom stereocenters. The Bertz CT molecular complexity index is 466. The highest BCUT2D eigenvalue weighted by atomic mass is 16.3. The van der Waals surface area contributed by atoms with Crippen molar-refractivity contribution in [2.45, 2.75) is 44.8 Å². The number of rotatable bonds is 6. The van der Waals surface area contributed by atoms with E-state index in [0.29, 0.717) is 5.56 Å². The van der Waals surface area contributed by atoms with Crippen molar-refractivity contribution < 1.29 is 19.1 Å². The Hall–Kier alpha value is -1.82. The van der Waals surface area contributed by atoms with Crippen LogP contribution in [-0.2, 0) is 4.79 Å². The van der Waals surface area contributed by atoms with Crippen LogP contribution >= 0.6 is 0 Å². The quantitative estimate of drug-likeness (QED) is 0.731. The third-order valence-corrected chi connectivity index (χ3v) is 3.95. The summed E-state index contributed by atoms with van der Waals surface area (Å²) in [6.45, 7) is 1.84. The molecular weight excluding hydrogens is 272 g/mol. The van der Waals surface area contributed by atoms with Gasteiger partial charge in [-0.3, -0.25) is 9.59 Å². The smallest absolute Gasteiger partial charge is 0.255 e. The average Bonchev–Trinajstić information content (AvgIpc) is 3.15. The number of aliphatic hydroxyl groups excluding tert-OH is 1. The lowest BCUT2D eigenvalue weighted by Crippen LogP contribution is -2.47. The van der Waals surface area contributed by atoms with E-state index < -0.39 is 12.1 Å². The molecule has 1 aliphatic carbocycles. The lowest BCUT2D eigenvalue weighted by atomic mass is 10.0. The highest BCUT2D eigenvalue weighted by Gasteiger charge is 2.24. The van der Waals surface area contributed by atoms with Gasteiger partial charge in [-0.2, -0.15) is 0 Å². The van der Waals surface area contributed by atoms with Crippen molar-refractivity contribution in [2.24, 2.45) is 5.92 Å². The molecule has 2 rings (SSSR count). The molecule has 0 bridgehead atoms. The summed E-state index contributed by atoms with van der Waals surface area (Å²) in [5, 5.41) is 15.3. The minimum absolute atomic E-state index is 0.232. The molecule has 2 amide bonds. The van der Waals surface area contributed by atoms with E-state index in [9.17, 15) is 14.7 Å². The van der Waals surface area contributed by atoms with Crippen molar-refractivity contribution in [1.82, 2.24) is 10.6 Å². The molecule has 6 nitrogen and oxygen atoms in total. The minimum atomic E-state index is -0.664. The van der Waals surface area contributed by atoms with Gasteiger partial charge in [0.15, 0.2) is 0 Å². The van der Waals surface area contributed by atoms with Gasteiger partial charge in [0.1, 0.15) is 12.3 Å². The van der Waals surface area contributed by atoms with E-state index in [2.05, 4.69) is 10.6 Å². The molecule has 1 aromatic heterocycles. The fourth-order valence-electron chi connectivity index (χ4n) is 2.61. The zero-order valence-corrected chi connectivity index (χ0v) is 12.2. The largest absolute Gasteiger partial charge is 0.472 e. The zero-order valence-electron chi connectivity index (χ0n) is 12.2. The Morgan fingerprint density at radius 3 is 2.76 bits per heavy atom. The average molecular weight is 294 g/mol. The van der Waals surface area contributed by atoms with Gasteiger partial charge in [0.2, 0.25) is 5.91 Å². The van der Waals surface area contributed by atoms with Gasteiger partial charge >= 0.3 is 0 Å². The molecule has 1 saturated carbocycles. The molecule has 3 N–H and O–H groups in total. The molecule has 0 spiro atoms. The Kier molecular flexibility index (Phi) is 5.38. The van der Waals surface area contributed by atoms with Crippen LogP contribution in [0.1, 0.15) is 43.0 Å². The van der Waals surface area contributed by atoms with Gasteiger partial charge in [0.05, 0.1) is 17.9 Å². The first-order chi connectivity index (χ1) is 10.1. The number of aliphatic hydroxyl groups is 1. The summed E-state index contributed by atoms with van der Waals surface area (Å²) in [6.07, 6.45) is 6.54. The molecule has 1 aromatic rings. The molecule has 21 heavy (non-hydrogen) atoms. The number of amides is 2. The molecule has 1 aliphatic rings. The topological polar surface area (TPSA) is 91.6 Å². The summed E-state index contributed by atoms with van der Waals surface area (Å²) in [4.78, 5) is 23.7. The van der Waals surface area contributed by atoms with E-state index in [1.807, 2.05) is 0 Å². The number of hydrogen-bond acceptors (Lipinski definition) is 4. The molecule has 1 heterocycles. The Balaban J connectivity index is 1.73. The molecule has 0 aromatic carbocycles. The fraction of sp³-hybridized carbons (Fsp3) is 0.600. The summed E-state index contributed by atoms with van der Waals surface area (Å²) in [7, 11) is 0. The van der Waals surface area contributed by atoms with Crippen molar-refractivity contribution in [1.29, 1.82) is 0 Å². The van der Waals surface area contributed by atoms with Gasteiger partial charge in [-0.1, -0.05) is 12.8 Å². The Morgan fingerprint density at radius 2 is 2.14 bits per heavy atom. The highest BCUT2D eigenvalue weighted by Crippen LogP contribution is 2.27. The van der Waals surface area contributed by atoms with Gasteiger partial charge in [-0.25, -0.2) is 0 Å². The van der Waals surface area contributed by atoms with E-state index in [1.165, 1.54) is 18.6 Å². The lowest BCUT2D eigenvalue weighted by Gasteiger charge is -2.20. The molecule has 116 valence electrons. The van der Waals surface area contributed by atoms with E-state index in [4.69, 9.17) is 4.42 Å². The number of carbonyl (C=O) groups excluding carboxylic acids is 2. The van der Waals surface area contributed by atoms with Crippen molar-refractivity contribution in [3.05, 3.63) is 24.2 Å². The second-order valence-electron chi connectivity index (χ2n) is 5.56. The summed E-state index contributed by atoms with van der Waals surface area (Å²) in [5.41, 5.74) is 0.376. The van der Waals surface area contributed by atoms with Crippen LogP contribution in [0.15, 0.2) is 23.0 Å². The summed E-state index contributed by atoms with van der Waals surface area (Å²) < 4.78 is 4.82. The second kappa shape index (κ2) is 7.26. The van der Waals surface area contributed by atoms with Crippen molar-refractivity contribution in [3.63, 3.8) is 0 Å². The molecule has 1 fully saturated rings. The number of carbonyl (C=O) groups is 2. The maximum atomic E-state index is 11.9. The molecule has 0 saturated heterocycles. The lowest BCUT2D eigenvalue weighted by molar-refractivity contribution is -0.123. The first kappa shape index (κ1) is 15.6. The van der Waals surface area contributed by atoms with Gasteiger partial charge in [0, 0.05) is 6.54 Å². The first-order valence-electron chi connectivity index (χ1n) is 7.36. The van der Waals surface area contributed by atoms with Gasteiger partial charge in [-0.05, 0) is 31.7 Å². The van der Waals surface area contributed by atoms with Crippen molar-refractivity contribution >= 4 is 11.8 Å². The Labute approximate surface area is 123 Å². The summed E-state index contributed by atoms with van der Waals surface area (Å²) >= 11 is 0. The maximum absolute atomic E-state index is 11.9. The standard InChI is InChI=1S/C15H22N2O4/c1-10(17-15(20)12-6-7-21-9-12)14(19)16-8-13(18)11-4-2-3-5-11/h6-7,9-11,13,18H,2-5,8H2,1H3,(H,16,19)(H,17,20). The van der Waals surface area contributed by atoms with Crippen molar-refractivity contribution in [3.8, 4) is 0 Å². The molecule has 0 radical (unpaired) electrons. The fourth-order valence-corrected chi connectivity index (χ4v) is 2.61. The number of nitrogens with one attached hydrogen (secondary N) is 2. The highest BCUT2D eigenvalue weighted by molar-refractivity contribution is 5.97. The summed E-state index contributed by atoms with van der Waals surface area (Å²) in [6, 6.07) is 0.868. The zero-order chi connectivity index (χ0) is 15.2. The first-order valence-corrected chi connectivity index (χ1v) is 7.36. The predicted octanol–water partition coefficient (Wildman–Crippen LogP) is 1.07. The normalized spacial score (nSPS) is 18.2. The van der Waals surface area contributed by atoms with Crippen LogP contribution in [0.3, 0.4) is 0 Å². The minimum Gasteiger partial charge on any atom is -0.472 e. The van der Waals surface area contributed by atoms with Crippen LogP contribution in [0, 0.1) is 5.92 Å². The number of hydrogen-bond donors (Lipinski definition) is 3. The molecule has 0 aliphatic heterocycles. The van der Waals surface area contributed by atoms with E-state index in [0.717, 1.165) is 25.7 Å². The number of furan rings is 1. The van der Waals surface area contributed by atoms with Crippen LogP contribution in [0.2, 0.25) is 0 Å². The van der Waals surface area contributed by atoms with Gasteiger partial charge in [-0.15, -0.1) is 0 Å². The van der Waals surface area contributed by atoms with Crippen molar-refractivity contribution in [2.75, 3.05) is 6.54 Å². The molecular formula is C15H22N2O4.